The van der Waals surface area contributed by atoms with Gasteiger partial charge in [-0.25, -0.2) is 0 Å². The summed E-state index contributed by atoms with van der Waals surface area (Å²) >= 11 is 0. The van der Waals surface area contributed by atoms with E-state index in [9.17, 15) is 0 Å². The monoisotopic (exact) mass is 230 g/mol. The zero-order chi connectivity index (χ0) is 11.8. The van der Waals surface area contributed by atoms with Crippen LogP contribution in [0.25, 0.3) is 0 Å². The Labute approximate surface area is 104 Å². The fourth-order valence-electron chi connectivity index (χ4n) is 3.87. The van der Waals surface area contributed by atoms with Gasteiger partial charge < -0.3 is 5.32 Å². The first-order valence-corrected chi connectivity index (χ1v) is 6.90. The first kappa shape index (κ1) is 11.2. The number of rotatable bonds is 3. The molecule has 2 aliphatic rings. The van der Waals surface area contributed by atoms with Crippen molar-refractivity contribution in [2.24, 2.45) is 17.8 Å². The largest absolute Gasteiger partial charge is 0.313 e. The second kappa shape index (κ2) is 4.41. The highest BCUT2D eigenvalue weighted by Crippen LogP contribution is 2.60. The summed E-state index contributed by atoms with van der Waals surface area (Å²) in [7, 11) is 2.09. The van der Waals surface area contributed by atoms with Crippen molar-refractivity contribution in [3.05, 3.63) is 29.6 Å². The van der Waals surface area contributed by atoms with Crippen molar-refractivity contribution in [2.75, 3.05) is 7.05 Å². The second-order valence-electron chi connectivity index (χ2n) is 5.75. The Kier molecular flexibility index (Phi) is 2.91. The van der Waals surface area contributed by atoms with Crippen LogP contribution in [0.5, 0.6) is 0 Å². The maximum atomic E-state index is 4.34. The zero-order valence-electron chi connectivity index (χ0n) is 10.8. The van der Waals surface area contributed by atoms with Gasteiger partial charge in [0.15, 0.2) is 0 Å². The van der Waals surface area contributed by atoms with Crippen molar-refractivity contribution >= 4 is 0 Å². The molecule has 0 radical (unpaired) electrons. The van der Waals surface area contributed by atoms with Gasteiger partial charge in [0.2, 0.25) is 0 Å². The zero-order valence-corrected chi connectivity index (χ0v) is 10.8. The molecule has 17 heavy (non-hydrogen) atoms. The number of nitrogens with one attached hydrogen (secondary N) is 1. The molecule has 92 valence electrons. The SMILES string of the molecule is CNC(c1cncc(C)c1)C1C2CCCCC21. The van der Waals surface area contributed by atoms with Gasteiger partial charge in [0.25, 0.3) is 0 Å². The average molecular weight is 230 g/mol. The fourth-order valence-corrected chi connectivity index (χ4v) is 3.87. The molecule has 0 aromatic carbocycles. The molecule has 2 fully saturated rings. The molecule has 3 rings (SSSR count). The highest BCUT2D eigenvalue weighted by atomic mass is 14.9. The molecule has 0 saturated heterocycles. The van der Waals surface area contributed by atoms with Gasteiger partial charge in [0.1, 0.15) is 0 Å². The lowest BCUT2D eigenvalue weighted by Crippen LogP contribution is -2.20. The molecule has 1 aromatic heterocycles. The summed E-state index contributed by atoms with van der Waals surface area (Å²) in [5, 5.41) is 3.52. The first-order chi connectivity index (χ1) is 8.31. The number of aromatic nitrogens is 1. The van der Waals surface area contributed by atoms with Gasteiger partial charge in [-0.2, -0.15) is 0 Å². The van der Waals surface area contributed by atoms with Crippen LogP contribution in [0.3, 0.4) is 0 Å². The molecule has 0 amide bonds. The topological polar surface area (TPSA) is 24.9 Å². The van der Waals surface area contributed by atoms with E-state index in [2.05, 4.69) is 30.3 Å². The molecule has 2 aliphatic carbocycles. The van der Waals surface area contributed by atoms with Crippen LogP contribution in [0.4, 0.5) is 0 Å². The van der Waals surface area contributed by atoms with Gasteiger partial charge in [-0.3, -0.25) is 4.98 Å². The maximum absolute atomic E-state index is 4.34. The third kappa shape index (κ3) is 1.99. The molecule has 1 N–H and O–H groups in total. The van der Waals surface area contributed by atoms with Crippen LogP contribution in [0.2, 0.25) is 0 Å². The number of nitrogens with zero attached hydrogens (tertiary/aromatic N) is 1. The quantitative estimate of drug-likeness (QED) is 0.863. The summed E-state index contributed by atoms with van der Waals surface area (Å²) in [6.45, 7) is 2.13. The van der Waals surface area contributed by atoms with Crippen LogP contribution in [0.1, 0.15) is 42.9 Å². The molecular formula is C15H22N2. The molecule has 0 spiro atoms. The minimum atomic E-state index is 0.524. The summed E-state index contributed by atoms with van der Waals surface area (Å²) in [5.74, 6) is 2.84. The lowest BCUT2D eigenvalue weighted by molar-refractivity contribution is 0.480. The van der Waals surface area contributed by atoms with Crippen molar-refractivity contribution in [3.8, 4) is 0 Å². The molecule has 2 saturated carbocycles. The summed E-state index contributed by atoms with van der Waals surface area (Å²) in [6, 6.07) is 2.81. The molecule has 1 heterocycles. The molecule has 0 bridgehead atoms. The van der Waals surface area contributed by atoms with E-state index in [1.54, 1.807) is 0 Å². The van der Waals surface area contributed by atoms with Crippen molar-refractivity contribution < 1.29 is 0 Å². The Morgan fingerprint density at radius 3 is 2.53 bits per heavy atom. The lowest BCUT2D eigenvalue weighted by atomic mass is 10.0. The van der Waals surface area contributed by atoms with Crippen LogP contribution in [0, 0.1) is 24.7 Å². The number of hydrogen-bond donors (Lipinski definition) is 1. The van der Waals surface area contributed by atoms with Crippen molar-refractivity contribution in [2.45, 2.75) is 38.6 Å². The third-order valence-corrected chi connectivity index (χ3v) is 4.67. The minimum Gasteiger partial charge on any atom is -0.313 e. The van der Waals surface area contributed by atoms with Crippen molar-refractivity contribution in [1.29, 1.82) is 0 Å². The highest BCUT2D eigenvalue weighted by Gasteiger charge is 2.54. The van der Waals surface area contributed by atoms with E-state index in [0.29, 0.717) is 6.04 Å². The summed E-state index contributed by atoms with van der Waals surface area (Å²) in [5.41, 5.74) is 2.65. The number of pyridine rings is 1. The van der Waals surface area contributed by atoms with E-state index in [4.69, 9.17) is 0 Å². The van der Waals surface area contributed by atoms with Gasteiger partial charge in [-0.05, 0) is 55.7 Å². The van der Waals surface area contributed by atoms with Crippen LogP contribution in [-0.2, 0) is 0 Å². The molecule has 3 unspecified atom stereocenters. The molecule has 2 nitrogen and oxygen atoms in total. The Balaban J connectivity index is 1.80. The first-order valence-electron chi connectivity index (χ1n) is 6.90. The van der Waals surface area contributed by atoms with E-state index in [1.807, 2.05) is 12.4 Å². The third-order valence-electron chi connectivity index (χ3n) is 4.67. The highest BCUT2D eigenvalue weighted by molar-refractivity contribution is 5.24. The van der Waals surface area contributed by atoms with Crippen LogP contribution in [0.15, 0.2) is 18.5 Å². The summed E-state index contributed by atoms with van der Waals surface area (Å²) < 4.78 is 0. The Morgan fingerprint density at radius 1 is 1.24 bits per heavy atom. The van der Waals surface area contributed by atoms with Gasteiger partial charge in [-0.15, -0.1) is 0 Å². The lowest BCUT2D eigenvalue weighted by Gasteiger charge is -2.17. The summed E-state index contributed by atoms with van der Waals surface area (Å²) in [6.07, 6.45) is 9.77. The second-order valence-corrected chi connectivity index (χ2v) is 5.75. The molecular weight excluding hydrogens is 208 g/mol. The predicted octanol–water partition coefficient (Wildman–Crippen LogP) is 3.09. The van der Waals surface area contributed by atoms with Crippen molar-refractivity contribution in [3.63, 3.8) is 0 Å². The molecule has 2 heteroatoms. The predicted molar refractivity (Wildman–Crippen MR) is 69.7 cm³/mol. The summed E-state index contributed by atoms with van der Waals surface area (Å²) in [4.78, 5) is 4.34. The van der Waals surface area contributed by atoms with E-state index >= 15 is 0 Å². The Hall–Kier alpha value is -0.890. The Bertz CT molecular complexity index is 390. The number of fused-ring (bicyclic) bond motifs is 1. The van der Waals surface area contributed by atoms with Crippen LogP contribution >= 0.6 is 0 Å². The Morgan fingerprint density at radius 2 is 1.94 bits per heavy atom. The van der Waals surface area contributed by atoms with Gasteiger partial charge in [0, 0.05) is 18.4 Å². The number of aryl methyl sites for hydroxylation is 1. The maximum Gasteiger partial charge on any atom is 0.0367 e. The fraction of sp³-hybridized carbons (Fsp3) is 0.667. The molecule has 3 atom stereocenters. The van der Waals surface area contributed by atoms with Gasteiger partial charge >= 0.3 is 0 Å². The average Bonchev–Trinajstić information content (AvgIpc) is 3.05. The molecule has 0 aliphatic heterocycles. The van der Waals surface area contributed by atoms with Crippen LogP contribution in [-0.4, -0.2) is 12.0 Å². The van der Waals surface area contributed by atoms with Gasteiger partial charge in [-0.1, -0.05) is 18.9 Å². The van der Waals surface area contributed by atoms with Crippen LogP contribution < -0.4 is 5.32 Å². The normalized spacial score (nSPS) is 32.9. The molecule has 1 aromatic rings. The van der Waals surface area contributed by atoms with Gasteiger partial charge in [0.05, 0.1) is 0 Å². The minimum absolute atomic E-state index is 0.524. The standard InChI is InChI=1S/C15H22N2/c1-10-7-11(9-17-8-10)15(16-2)14-12-5-3-4-6-13(12)14/h7-9,12-16H,3-6H2,1-2H3. The number of hydrogen-bond acceptors (Lipinski definition) is 2. The van der Waals surface area contributed by atoms with Crippen molar-refractivity contribution in [1.82, 2.24) is 10.3 Å². The van der Waals surface area contributed by atoms with E-state index in [0.717, 1.165) is 17.8 Å². The van der Waals surface area contributed by atoms with E-state index in [-0.39, 0.29) is 0 Å². The van der Waals surface area contributed by atoms with E-state index in [1.165, 1.54) is 36.8 Å². The van der Waals surface area contributed by atoms with E-state index < -0.39 is 0 Å². The smallest absolute Gasteiger partial charge is 0.0367 e.